The Balaban J connectivity index is 2.09. The first-order valence-corrected chi connectivity index (χ1v) is 7.44. The summed E-state index contributed by atoms with van der Waals surface area (Å²) >= 11 is 0. The van der Waals surface area contributed by atoms with Crippen molar-refractivity contribution in [2.24, 2.45) is 5.73 Å². The van der Waals surface area contributed by atoms with Crippen molar-refractivity contribution in [3.8, 4) is 0 Å². The lowest BCUT2D eigenvalue weighted by atomic mass is 10.0. The van der Waals surface area contributed by atoms with Gasteiger partial charge in [0.05, 0.1) is 6.61 Å². The lowest BCUT2D eigenvalue weighted by molar-refractivity contribution is -0.120. The van der Waals surface area contributed by atoms with Gasteiger partial charge in [0, 0.05) is 13.2 Å². The van der Waals surface area contributed by atoms with Crippen LogP contribution in [0, 0.1) is 0 Å². The van der Waals surface area contributed by atoms with Crippen LogP contribution >= 0.6 is 0 Å². The lowest BCUT2D eigenvalue weighted by Crippen LogP contribution is -2.33. The average Bonchev–Trinajstić information content (AvgIpc) is 2.55. The van der Waals surface area contributed by atoms with Crippen molar-refractivity contribution in [1.82, 2.24) is 5.32 Å². The summed E-state index contributed by atoms with van der Waals surface area (Å²) in [5.41, 5.74) is 8.63. The third-order valence-corrected chi connectivity index (χ3v) is 3.49. The van der Waals surface area contributed by atoms with E-state index in [9.17, 15) is 4.79 Å². The van der Waals surface area contributed by atoms with Gasteiger partial charge in [-0.25, -0.2) is 0 Å². The maximum atomic E-state index is 11.7. The fourth-order valence-corrected chi connectivity index (χ4v) is 2.32. The number of primary amides is 1. The van der Waals surface area contributed by atoms with Crippen LogP contribution in [0.2, 0.25) is 0 Å². The van der Waals surface area contributed by atoms with Crippen LogP contribution in [0.3, 0.4) is 0 Å². The molecule has 0 aliphatic heterocycles. The number of nitrogens with two attached hydrogens (primary N) is 1. The van der Waals surface area contributed by atoms with Gasteiger partial charge in [-0.2, -0.15) is 0 Å². The molecule has 0 bridgehead atoms. The largest absolute Gasteiger partial charge is 0.377 e. The molecule has 2 aromatic rings. The number of benzene rings is 2. The van der Waals surface area contributed by atoms with Crippen LogP contribution in [0.25, 0.3) is 0 Å². The highest BCUT2D eigenvalue weighted by atomic mass is 16.5. The Bertz CT molecular complexity index is 599. The molecule has 0 heterocycles. The summed E-state index contributed by atoms with van der Waals surface area (Å²) in [6.07, 6.45) is 0. The van der Waals surface area contributed by atoms with Gasteiger partial charge in [0.1, 0.15) is 6.04 Å². The summed E-state index contributed by atoms with van der Waals surface area (Å²) < 4.78 is 5.48. The predicted molar refractivity (Wildman–Crippen MR) is 87.0 cm³/mol. The number of nitrogens with one attached hydrogen (secondary N) is 1. The molecule has 4 nitrogen and oxygen atoms in total. The van der Waals surface area contributed by atoms with Gasteiger partial charge in [0.25, 0.3) is 0 Å². The first-order valence-electron chi connectivity index (χ1n) is 7.44. The Hall–Kier alpha value is -2.17. The molecule has 2 rings (SSSR count). The molecule has 0 spiro atoms. The van der Waals surface area contributed by atoms with Crippen LogP contribution in [-0.4, -0.2) is 12.5 Å². The second kappa shape index (κ2) is 8.32. The molecule has 0 fully saturated rings. The van der Waals surface area contributed by atoms with E-state index in [0.29, 0.717) is 19.8 Å². The SMILES string of the molecule is CCOCc1ccccc1CN[C@@H](C(N)=O)c1ccccc1. The average molecular weight is 298 g/mol. The number of hydrogen-bond acceptors (Lipinski definition) is 3. The van der Waals surface area contributed by atoms with E-state index >= 15 is 0 Å². The Kier molecular flexibility index (Phi) is 6.13. The maximum absolute atomic E-state index is 11.7. The van der Waals surface area contributed by atoms with Crippen LogP contribution in [-0.2, 0) is 22.7 Å². The minimum absolute atomic E-state index is 0.381. The van der Waals surface area contributed by atoms with Gasteiger partial charge in [0.15, 0.2) is 0 Å². The zero-order valence-electron chi connectivity index (χ0n) is 12.8. The topological polar surface area (TPSA) is 64.3 Å². The van der Waals surface area contributed by atoms with Crippen molar-refractivity contribution < 1.29 is 9.53 Å². The van der Waals surface area contributed by atoms with E-state index in [1.54, 1.807) is 0 Å². The molecule has 0 aromatic heterocycles. The molecular formula is C18H22N2O2. The Labute approximate surface area is 131 Å². The molecule has 1 atom stereocenters. The molecule has 0 radical (unpaired) electrons. The first kappa shape index (κ1) is 16.2. The Morgan fingerprint density at radius 2 is 1.73 bits per heavy atom. The third kappa shape index (κ3) is 4.41. The molecule has 0 saturated heterocycles. The second-order valence-electron chi connectivity index (χ2n) is 5.03. The summed E-state index contributed by atoms with van der Waals surface area (Å²) in [5, 5.41) is 3.24. The molecular weight excluding hydrogens is 276 g/mol. The molecule has 0 aliphatic rings. The van der Waals surface area contributed by atoms with E-state index in [2.05, 4.69) is 5.32 Å². The van der Waals surface area contributed by atoms with Crippen LogP contribution in [0.5, 0.6) is 0 Å². The molecule has 22 heavy (non-hydrogen) atoms. The van der Waals surface area contributed by atoms with E-state index < -0.39 is 6.04 Å². The maximum Gasteiger partial charge on any atom is 0.239 e. The van der Waals surface area contributed by atoms with Gasteiger partial charge >= 0.3 is 0 Å². The van der Waals surface area contributed by atoms with Gasteiger partial charge in [-0.05, 0) is 23.6 Å². The number of carbonyl (C=O) groups is 1. The monoisotopic (exact) mass is 298 g/mol. The van der Waals surface area contributed by atoms with Gasteiger partial charge in [-0.1, -0.05) is 54.6 Å². The molecule has 1 amide bonds. The summed E-state index contributed by atoms with van der Waals surface area (Å²) in [4.78, 5) is 11.7. The van der Waals surface area contributed by atoms with Crippen molar-refractivity contribution >= 4 is 5.91 Å². The van der Waals surface area contributed by atoms with Crippen LogP contribution in [0.15, 0.2) is 54.6 Å². The zero-order valence-corrected chi connectivity index (χ0v) is 12.8. The highest BCUT2D eigenvalue weighted by Gasteiger charge is 2.17. The predicted octanol–water partition coefficient (Wildman–Crippen LogP) is 2.54. The smallest absolute Gasteiger partial charge is 0.239 e. The summed E-state index contributed by atoms with van der Waals surface area (Å²) in [6.45, 7) is 3.78. The first-order chi connectivity index (χ1) is 10.7. The van der Waals surface area contributed by atoms with Crippen LogP contribution in [0.1, 0.15) is 29.7 Å². The molecule has 3 N–H and O–H groups in total. The molecule has 0 unspecified atom stereocenters. The van der Waals surface area contributed by atoms with E-state index in [-0.39, 0.29) is 5.91 Å². The van der Waals surface area contributed by atoms with Crippen molar-refractivity contribution in [3.63, 3.8) is 0 Å². The van der Waals surface area contributed by atoms with E-state index in [1.165, 1.54) is 0 Å². The molecule has 0 aliphatic carbocycles. The Morgan fingerprint density at radius 1 is 1.09 bits per heavy atom. The van der Waals surface area contributed by atoms with Gasteiger partial charge in [-0.15, -0.1) is 0 Å². The van der Waals surface area contributed by atoms with Crippen LogP contribution < -0.4 is 11.1 Å². The molecule has 0 saturated carbocycles. The van der Waals surface area contributed by atoms with Gasteiger partial charge in [-0.3, -0.25) is 10.1 Å². The van der Waals surface area contributed by atoms with Crippen molar-refractivity contribution in [2.45, 2.75) is 26.1 Å². The fraction of sp³-hybridized carbons (Fsp3) is 0.278. The van der Waals surface area contributed by atoms with E-state index in [1.807, 2.05) is 61.5 Å². The van der Waals surface area contributed by atoms with Crippen molar-refractivity contribution in [2.75, 3.05) is 6.61 Å². The van der Waals surface area contributed by atoms with Crippen LogP contribution in [0.4, 0.5) is 0 Å². The normalized spacial score (nSPS) is 12.0. The van der Waals surface area contributed by atoms with Crippen molar-refractivity contribution in [1.29, 1.82) is 0 Å². The summed E-state index contributed by atoms with van der Waals surface area (Å²) in [5.74, 6) is -0.381. The van der Waals surface area contributed by atoms with Gasteiger partial charge < -0.3 is 10.5 Å². The summed E-state index contributed by atoms with van der Waals surface area (Å²) in [7, 11) is 0. The number of amides is 1. The minimum Gasteiger partial charge on any atom is -0.377 e. The zero-order chi connectivity index (χ0) is 15.8. The molecule has 2 aromatic carbocycles. The quantitative estimate of drug-likeness (QED) is 0.787. The number of hydrogen-bond donors (Lipinski definition) is 2. The lowest BCUT2D eigenvalue weighted by Gasteiger charge is -2.17. The standard InChI is InChI=1S/C18H22N2O2/c1-2-22-13-16-11-7-6-10-15(16)12-20-17(18(19)21)14-8-4-3-5-9-14/h3-11,17,20H,2,12-13H2,1H3,(H2,19,21)/t17-/m1/s1. The van der Waals surface area contributed by atoms with Gasteiger partial charge in [0.2, 0.25) is 5.91 Å². The minimum atomic E-state index is -0.499. The molecule has 116 valence electrons. The molecule has 4 heteroatoms. The highest BCUT2D eigenvalue weighted by molar-refractivity contribution is 5.81. The fourth-order valence-electron chi connectivity index (χ4n) is 2.32. The van der Waals surface area contributed by atoms with E-state index in [4.69, 9.17) is 10.5 Å². The highest BCUT2D eigenvalue weighted by Crippen LogP contribution is 2.15. The van der Waals surface area contributed by atoms with Crippen molar-refractivity contribution in [3.05, 3.63) is 71.3 Å². The Morgan fingerprint density at radius 3 is 2.36 bits per heavy atom. The summed E-state index contributed by atoms with van der Waals surface area (Å²) in [6, 6.07) is 17.0. The third-order valence-electron chi connectivity index (χ3n) is 3.49. The second-order valence-corrected chi connectivity index (χ2v) is 5.03. The number of carbonyl (C=O) groups excluding carboxylic acids is 1. The van der Waals surface area contributed by atoms with E-state index in [0.717, 1.165) is 16.7 Å². The number of rotatable bonds is 8. The number of ether oxygens (including phenoxy) is 1.